The quantitative estimate of drug-likeness (QED) is 0.873. The third-order valence-corrected chi connectivity index (χ3v) is 4.31. The van der Waals surface area contributed by atoms with Crippen molar-refractivity contribution in [2.24, 2.45) is 5.92 Å². The second kappa shape index (κ2) is 5.94. The molecule has 1 saturated heterocycles. The van der Waals surface area contributed by atoms with Crippen LogP contribution in [0, 0.1) is 5.92 Å². The number of rotatable bonds is 5. The second-order valence-corrected chi connectivity index (χ2v) is 6.42. The van der Waals surface area contributed by atoms with Gasteiger partial charge >= 0.3 is 6.03 Å². The number of pyridine rings is 1. The molecule has 6 heteroatoms. The standard InChI is InChI=1S/C16H22N4O2/c1-10(2)13-8-18-16(22)20(13)9-15(21)19-14-7-12(5-6-17-14)11-3-4-11/h5-7,10-11,13H,3-4,8-9H2,1-2H3,(H,18,22)(H,17,19,21)/t13-/m1/s1. The number of carbonyl (C=O) groups excluding carboxylic acids is 2. The molecule has 1 aromatic heterocycles. The SMILES string of the molecule is CC(C)[C@H]1CNC(=O)N1CC(=O)Nc1cc(C2CC2)ccn1. The van der Waals surface area contributed by atoms with E-state index >= 15 is 0 Å². The van der Waals surface area contributed by atoms with E-state index in [4.69, 9.17) is 0 Å². The first-order valence-corrected chi connectivity index (χ1v) is 7.85. The Hall–Kier alpha value is -2.11. The van der Waals surface area contributed by atoms with E-state index < -0.39 is 0 Å². The Labute approximate surface area is 130 Å². The third kappa shape index (κ3) is 3.21. The molecule has 2 aliphatic rings. The number of anilines is 1. The number of hydrogen-bond acceptors (Lipinski definition) is 3. The topological polar surface area (TPSA) is 74.3 Å². The van der Waals surface area contributed by atoms with Crippen LogP contribution < -0.4 is 10.6 Å². The number of nitrogens with one attached hydrogen (secondary N) is 2. The number of urea groups is 1. The summed E-state index contributed by atoms with van der Waals surface area (Å²) in [6.07, 6.45) is 4.14. The summed E-state index contributed by atoms with van der Waals surface area (Å²) < 4.78 is 0. The molecule has 1 aromatic rings. The zero-order chi connectivity index (χ0) is 15.7. The average Bonchev–Trinajstić information content (AvgIpc) is 3.25. The van der Waals surface area contributed by atoms with Crippen molar-refractivity contribution in [1.29, 1.82) is 0 Å². The van der Waals surface area contributed by atoms with Crippen molar-refractivity contribution in [2.45, 2.75) is 38.6 Å². The molecule has 6 nitrogen and oxygen atoms in total. The Morgan fingerprint density at radius 3 is 2.95 bits per heavy atom. The first-order chi connectivity index (χ1) is 10.5. The van der Waals surface area contributed by atoms with Gasteiger partial charge in [-0.05, 0) is 42.4 Å². The maximum absolute atomic E-state index is 12.2. The molecule has 0 radical (unpaired) electrons. The molecule has 0 aromatic carbocycles. The molecule has 3 amide bonds. The van der Waals surface area contributed by atoms with Gasteiger partial charge in [0, 0.05) is 12.7 Å². The largest absolute Gasteiger partial charge is 0.336 e. The van der Waals surface area contributed by atoms with E-state index in [1.807, 2.05) is 12.1 Å². The van der Waals surface area contributed by atoms with Crippen LogP contribution in [0.3, 0.4) is 0 Å². The molecule has 1 saturated carbocycles. The molecule has 0 bridgehead atoms. The summed E-state index contributed by atoms with van der Waals surface area (Å²) in [5.74, 6) is 1.29. The molecule has 0 spiro atoms. The second-order valence-electron chi connectivity index (χ2n) is 6.42. The zero-order valence-electron chi connectivity index (χ0n) is 13.0. The summed E-state index contributed by atoms with van der Waals surface area (Å²) >= 11 is 0. The molecule has 118 valence electrons. The molecule has 1 aliphatic carbocycles. The molecule has 2 fully saturated rings. The summed E-state index contributed by atoms with van der Waals surface area (Å²) in [7, 11) is 0. The van der Waals surface area contributed by atoms with Crippen LogP contribution in [0.15, 0.2) is 18.3 Å². The number of aromatic nitrogens is 1. The van der Waals surface area contributed by atoms with Crippen LogP contribution in [0.1, 0.15) is 38.2 Å². The van der Waals surface area contributed by atoms with Gasteiger partial charge < -0.3 is 15.5 Å². The molecular weight excluding hydrogens is 280 g/mol. The first kappa shape index (κ1) is 14.8. The van der Waals surface area contributed by atoms with Gasteiger partial charge in [0.25, 0.3) is 0 Å². The van der Waals surface area contributed by atoms with Crippen LogP contribution in [-0.2, 0) is 4.79 Å². The minimum Gasteiger partial charge on any atom is -0.336 e. The first-order valence-electron chi connectivity index (χ1n) is 7.85. The molecule has 0 unspecified atom stereocenters. The van der Waals surface area contributed by atoms with Crippen molar-refractivity contribution in [2.75, 3.05) is 18.4 Å². The highest BCUT2D eigenvalue weighted by molar-refractivity contribution is 5.94. The van der Waals surface area contributed by atoms with E-state index in [1.165, 1.54) is 18.4 Å². The fourth-order valence-corrected chi connectivity index (χ4v) is 2.86. The van der Waals surface area contributed by atoms with E-state index in [9.17, 15) is 9.59 Å². The Kier molecular flexibility index (Phi) is 4.00. The molecule has 2 N–H and O–H groups in total. The number of hydrogen-bond donors (Lipinski definition) is 2. The zero-order valence-corrected chi connectivity index (χ0v) is 13.0. The summed E-state index contributed by atoms with van der Waals surface area (Å²) in [6.45, 7) is 4.76. The number of amides is 3. The monoisotopic (exact) mass is 302 g/mol. The van der Waals surface area contributed by atoms with Crippen LogP contribution in [0.2, 0.25) is 0 Å². The number of carbonyl (C=O) groups is 2. The van der Waals surface area contributed by atoms with Gasteiger partial charge in [-0.2, -0.15) is 0 Å². The van der Waals surface area contributed by atoms with Crippen molar-refractivity contribution in [3.05, 3.63) is 23.9 Å². The fraction of sp³-hybridized carbons (Fsp3) is 0.562. The van der Waals surface area contributed by atoms with Crippen molar-refractivity contribution in [3.8, 4) is 0 Å². The molecule has 2 heterocycles. The highest BCUT2D eigenvalue weighted by atomic mass is 16.2. The van der Waals surface area contributed by atoms with E-state index in [1.54, 1.807) is 11.1 Å². The normalized spacial score (nSPS) is 21.1. The smallest absolute Gasteiger partial charge is 0.318 e. The lowest BCUT2D eigenvalue weighted by Crippen LogP contribution is -2.42. The van der Waals surface area contributed by atoms with Crippen molar-refractivity contribution in [3.63, 3.8) is 0 Å². The van der Waals surface area contributed by atoms with E-state index in [2.05, 4.69) is 29.5 Å². The van der Waals surface area contributed by atoms with Crippen LogP contribution in [-0.4, -0.2) is 41.0 Å². The van der Waals surface area contributed by atoms with Gasteiger partial charge in [0.05, 0.1) is 6.04 Å². The average molecular weight is 302 g/mol. The minimum atomic E-state index is -0.205. The highest BCUT2D eigenvalue weighted by Crippen LogP contribution is 2.40. The Morgan fingerprint density at radius 1 is 1.50 bits per heavy atom. The van der Waals surface area contributed by atoms with E-state index in [0.717, 1.165) is 0 Å². The van der Waals surface area contributed by atoms with Gasteiger partial charge in [-0.25, -0.2) is 9.78 Å². The Bertz CT molecular complexity index is 583. The predicted molar refractivity (Wildman–Crippen MR) is 83.6 cm³/mol. The van der Waals surface area contributed by atoms with Gasteiger partial charge in [0.1, 0.15) is 12.4 Å². The predicted octanol–water partition coefficient (Wildman–Crippen LogP) is 1.95. The summed E-state index contributed by atoms with van der Waals surface area (Å²) in [4.78, 5) is 29.8. The Balaban J connectivity index is 1.62. The minimum absolute atomic E-state index is 0.0593. The maximum atomic E-state index is 12.2. The van der Waals surface area contributed by atoms with E-state index in [-0.39, 0.29) is 24.5 Å². The van der Waals surface area contributed by atoms with Crippen LogP contribution in [0.25, 0.3) is 0 Å². The molecule has 1 aliphatic heterocycles. The fourth-order valence-electron chi connectivity index (χ4n) is 2.86. The van der Waals surface area contributed by atoms with Gasteiger partial charge in [-0.1, -0.05) is 13.8 Å². The van der Waals surface area contributed by atoms with Crippen LogP contribution >= 0.6 is 0 Å². The van der Waals surface area contributed by atoms with Crippen LogP contribution in [0.5, 0.6) is 0 Å². The molecule has 1 atom stereocenters. The lowest BCUT2D eigenvalue weighted by atomic mass is 10.0. The number of nitrogens with zero attached hydrogens (tertiary/aromatic N) is 2. The summed E-state index contributed by atoms with van der Waals surface area (Å²) in [5.41, 5.74) is 1.23. The highest BCUT2D eigenvalue weighted by Gasteiger charge is 2.34. The Morgan fingerprint density at radius 2 is 2.27 bits per heavy atom. The lowest BCUT2D eigenvalue weighted by molar-refractivity contribution is -0.117. The van der Waals surface area contributed by atoms with Gasteiger partial charge in [-0.15, -0.1) is 0 Å². The van der Waals surface area contributed by atoms with Crippen molar-refractivity contribution >= 4 is 17.8 Å². The maximum Gasteiger partial charge on any atom is 0.318 e. The third-order valence-electron chi connectivity index (χ3n) is 4.31. The summed E-state index contributed by atoms with van der Waals surface area (Å²) in [6, 6.07) is 3.81. The molecule has 22 heavy (non-hydrogen) atoms. The van der Waals surface area contributed by atoms with Crippen LogP contribution in [0.4, 0.5) is 10.6 Å². The lowest BCUT2D eigenvalue weighted by Gasteiger charge is -2.25. The van der Waals surface area contributed by atoms with Gasteiger partial charge in [-0.3, -0.25) is 4.79 Å². The molecular formula is C16H22N4O2. The van der Waals surface area contributed by atoms with Crippen molar-refractivity contribution < 1.29 is 9.59 Å². The van der Waals surface area contributed by atoms with Gasteiger partial charge in [0.2, 0.25) is 5.91 Å². The van der Waals surface area contributed by atoms with Gasteiger partial charge in [0.15, 0.2) is 0 Å². The molecule has 3 rings (SSSR count). The van der Waals surface area contributed by atoms with Crippen molar-refractivity contribution in [1.82, 2.24) is 15.2 Å². The van der Waals surface area contributed by atoms with E-state index in [0.29, 0.717) is 24.2 Å². The summed E-state index contributed by atoms with van der Waals surface area (Å²) in [5, 5.41) is 5.59.